The molecule has 0 radical (unpaired) electrons. The maximum absolute atomic E-state index is 14.6. The standard InChI is InChI=1S/C26H31ClFN5O2Si/c1-26(2,3)36(4,5)35-16-17-7-6-8-20(12-17)34-15-18-9-10-22(28)19(11-18)14-33-24-21(13-30-33)23(29)31-25(27)32-24/h6-13H,14-16H2,1-5H3,(H2,29,31,32). The van der Waals surface area contributed by atoms with Gasteiger partial charge in [0.2, 0.25) is 5.28 Å². The summed E-state index contributed by atoms with van der Waals surface area (Å²) in [7, 11) is -1.84. The van der Waals surface area contributed by atoms with Crippen LogP contribution in [0.2, 0.25) is 23.4 Å². The molecule has 0 atom stereocenters. The summed E-state index contributed by atoms with van der Waals surface area (Å²) in [4.78, 5) is 8.12. The van der Waals surface area contributed by atoms with Gasteiger partial charge in [0.25, 0.3) is 0 Å². The number of nitrogens with two attached hydrogens (primary N) is 1. The topological polar surface area (TPSA) is 88.1 Å². The van der Waals surface area contributed by atoms with Crippen LogP contribution in [0.4, 0.5) is 10.2 Å². The van der Waals surface area contributed by atoms with Crippen molar-refractivity contribution in [2.45, 2.75) is 58.7 Å². The smallest absolute Gasteiger partial charge is 0.226 e. The van der Waals surface area contributed by atoms with Gasteiger partial charge in [0, 0.05) is 5.56 Å². The molecule has 0 saturated heterocycles. The molecule has 0 saturated carbocycles. The maximum Gasteiger partial charge on any atom is 0.226 e. The highest BCUT2D eigenvalue weighted by molar-refractivity contribution is 6.74. The Morgan fingerprint density at radius 1 is 1.06 bits per heavy atom. The lowest BCUT2D eigenvalue weighted by atomic mass is 10.1. The Balaban J connectivity index is 1.44. The lowest BCUT2D eigenvalue weighted by molar-refractivity contribution is 0.273. The Morgan fingerprint density at radius 2 is 1.81 bits per heavy atom. The number of anilines is 1. The zero-order chi connectivity index (χ0) is 26.1. The van der Waals surface area contributed by atoms with Crippen LogP contribution in [0.25, 0.3) is 11.0 Å². The second-order valence-corrected chi connectivity index (χ2v) is 15.5. The van der Waals surface area contributed by atoms with Crippen LogP contribution < -0.4 is 10.5 Å². The third-order valence-corrected chi connectivity index (χ3v) is 11.3. The molecule has 0 unspecified atom stereocenters. The summed E-state index contributed by atoms with van der Waals surface area (Å²) in [6, 6.07) is 12.8. The van der Waals surface area contributed by atoms with Crippen LogP contribution in [-0.4, -0.2) is 28.1 Å². The summed E-state index contributed by atoms with van der Waals surface area (Å²) in [6.07, 6.45) is 1.55. The number of rotatable bonds is 8. The molecule has 0 aliphatic rings. The first-order valence-electron chi connectivity index (χ1n) is 11.7. The van der Waals surface area contributed by atoms with E-state index in [1.54, 1.807) is 23.0 Å². The molecule has 0 fully saturated rings. The molecule has 0 amide bonds. The van der Waals surface area contributed by atoms with Gasteiger partial charge in [-0.2, -0.15) is 10.1 Å². The number of ether oxygens (including phenoxy) is 1. The van der Waals surface area contributed by atoms with Crippen LogP contribution in [0.1, 0.15) is 37.5 Å². The Morgan fingerprint density at radius 3 is 2.56 bits per heavy atom. The van der Waals surface area contributed by atoms with Crippen LogP contribution in [0.3, 0.4) is 0 Å². The zero-order valence-corrected chi connectivity index (χ0v) is 22.9. The van der Waals surface area contributed by atoms with E-state index in [9.17, 15) is 4.39 Å². The van der Waals surface area contributed by atoms with Crippen molar-refractivity contribution in [1.29, 1.82) is 0 Å². The number of hydrogen-bond donors (Lipinski definition) is 1. The summed E-state index contributed by atoms with van der Waals surface area (Å²) in [6.45, 7) is 12.2. The van der Waals surface area contributed by atoms with Gasteiger partial charge in [-0.05, 0) is 65.1 Å². The predicted octanol–water partition coefficient (Wildman–Crippen LogP) is 6.35. The molecule has 0 bridgehead atoms. The van der Waals surface area contributed by atoms with Gasteiger partial charge in [0.1, 0.15) is 24.0 Å². The van der Waals surface area contributed by atoms with Crippen molar-refractivity contribution in [3.63, 3.8) is 0 Å². The summed E-state index contributed by atoms with van der Waals surface area (Å²) < 4.78 is 28.5. The average molecular weight is 528 g/mol. The van der Waals surface area contributed by atoms with Crippen molar-refractivity contribution in [1.82, 2.24) is 19.7 Å². The Labute approximate surface area is 216 Å². The summed E-state index contributed by atoms with van der Waals surface area (Å²) >= 11 is 5.94. The van der Waals surface area contributed by atoms with Gasteiger partial charge < -0.3 is 14.9 Å². The molecule has 2 aromatic heterocycles. The summed E-state index contributed by atoms with van der Waals surface area (Å²) in [5.74, 6) is 0.619. The first-order valence-corrected chi connectivity index (χ1v) is 15.0. The van der Waals surface area contributed by atoms with Gasteiger partial charge in [0.05, 0.1) is 24.7 Å². The predicted molar refractivity (Wildman–Crippen MR) is 143 cm³/mol. The molecule has 0 spiro atoms. The number of halogens is 2. The first-order chi connectivity index (χ1) is 16.9. The molecule has 2 aromatic carbocycles. The molecule has 36 heavy (non-hydrogen) atoms. The highest BCUT2D eigenvalue weighted by Crippen LogP contribution is 2.37. The van der Waals surface area contributed by atoms with Crippen molar-refractivity contribution < 1.29 is 13.6 Å². The van der Waals surface area contributed by atoms with E-state index in [-0.39, 0.29) is 28.5 Å². The average Bonchev–Trinajstić information content (AvgIpc) is 3.20. The number of nitrogen functional groups attached to an aromatic ring is 1. The molecule has 190 valence electrons. The molecule has 0 aliphatic carbocycles. The lowest BCUT2D eigenvalue weighted by Gasteiger charge is -2.36. The highest BCUT2D eigenvalue weighted by atomic mass is 35.5. The number of nitrogens with zero attached hydrogens (tertiary/aromatic N) is 4. The molecular formula is C26H31ClFN5O2Si. The van der Waals surface area contributed by atoms with Crippen molar-refractivity contribution in [2.75, 3.05) is 5.73 Å². The zero-order valence-electron chi connectivity index (χ0n) is 21.2. The van der Waals surface area contributed by atoms with E-state index >= 15 is 0 Å². The minimum atomic E-state index is -1.84. The van der Waals surface area contributed by atoms with Gasteiger partial charge in [-0.15, -0.1) is 0 Å². The molecule has 2 heterocycles. The van der Waals surface area contributed by atoms with Crippen molar-refractivity contribution >= 4 is 36.8 Å². The highest BCUT2D eigenvalue weighted by Gasteiger charge is 2.37. The quantitative estimate of drug-likeness (QED) is 0.212. The van der Waals surface area contributed by atoms with Crippen molar-refractivity contribution in [3.8, 4) is 5.75 Å². The third kappa shape index (κ3) is 5.85. The second-order valence-electron chi connectivity index (χ2n) is 10.3. The van der Waals surface area contributed by atoms with Crippen molar-refractivity contribution in [2.24, 2.45) is 0 Å². The van der Waals surface area contributed by atoms with E-state index < -0.39 is 8.32 Å². The monoisotopic (exact) mass is 527 g/mol. The van der Waals surface area contributed by atoms with Crippen LogP contribution in [-0.2, 0) is 24.2 Å². The second kappa shape index (κ2) is 10.2. The Bertz CT molecular complexity index is 1390. The summed E-state index contributed by atoms with van der Waals surface area (Å²) in [5.41, 5.74) is 8.69. The SMILES string of the molecule is CC(C)(C)[Si](C)(C)OCc1cccc(OCc2ccc(F)c(Cn3ncc4c(N)nc(Cl)nc43)c2)c1. The molecule has 4 rings (SSSR count). The van der Waals surface area contributed by atoms with E-state index in [2.05, 4.69) is 48.9 Å². The Kier molecular flexibility index (Phi) is 7.35. The minimum Gasteiger partial charge on any atom is -0.489 e. The number of benzene rings is 2. The van der Waals surface area contributed by atoms with E-state index in [1.807, 2.05) is 24.3 Å². The number of hydrogen-bond acceptors (Lipinski definition) is 6. The van der Waals surface area contributed by atoms with Crippen LogP contribution in [0.15, 0.2) is 48.7 Å². The third-order valence-electron chi connectivity index (χ3n) is 6.64. The van der Waals surface area contributed by atoms with Crippen LogP contribution in [0, 0.1) is 5.82 Å². The van der Waals surface area contributed by atoms with Gasteiger partial charge in [-0.1, -0.05) is 39.0 Å². The van der Waals surface area contributed by atoms with Crippen LogP contribution in [0.5, 0.6) is 5.75 Å². The van der Waals surface area contributed by atoms with E-state index in [1.165, 1.54) is 6.07 Å². The molecular weight excluding hydrogens is 497 g/mol. The molecule has 0 aliphatic heterocycles. The maximum atomic E-state index is 14.6. The van der Waals surface area contributed by atoms with E-state index in [4.69, 9.17) is 26.5 Å². The molecule has 2 N–H and O–H groups in total. The van der Waals surface area contributed by atoms with Gasteiger partial charge in [0.15, 0.2) is 14.0 Å². The van der Waals surface area contributed by atoms with Gasteiger partial charge >= 0.3 is 0 Å². The van der Waals surface area contributed by atoms with E-state index in [0.717, 1.165) is 16.9 Å². The van der Waals surface area contributed by atoms with Gasteiger partial charge in [-0.25, -0.2) is 14.1 Å². The largest absolute Gasteiger partial charge is 0.489 e. The van der Waals surface area contributed by atoms with Crippen LogP contribution >= 0.6 is 11.6 Å². The fourth-order valence-electron chi connectivity index (χ4n) is 3.44. The summed E-state index contributed by atoms with van der Waals surface area (Å²) in [5, 5.41) is 5.01. The fraction of sp³-hybridized carbons (Fsp3) is 0.346. The number of aromatic nitrogens is 4. The lowest BCUT2D eigenvalue weighted by Crippen LogP contribution is -2.40. The first kappa shape index (κ1) is 26.1. The Hall–Kier alpha value is -3.01. The molecule has 7 nitrogen and oxygen atoms in total. The molecule has 4 aromatic rings. The fourth-order valence-corrected chi connectivity index (χ4v) is 4.57. The van der Waals surface area contributed by atoms with Gasteiger partial charge in [-0.3, -0.25) is 0 Å². The number of fused-ring (bicyclic) bond motifs is 1. The normalized spacial score (nSPS) is 12.3. The minimum absolute atomic E-state index is 0.0151. The molecule has 10 heteroatoms. The van der Waals surface area contributed by atoms with Crippen molar-refractivity contribution in [3.05, 3.63) is 76.5 Å². The van der Waals surface area contributed by atoms with E-state index in [0.29, 0.717) is 29.8 Å².